The Kier molecular flexibility index (Phi) is 10.6. The van der Waals surface area contributed by atoms with Crippen LogP contribution in [0.15, 0.2) is 12.3 Å². The van der Waals surface area contributed by atoms with E-state index in [1.165, 1.54) is 19.4 Å². The quantitative estimate of drug-likeness (QED) is 0.717. The van der Waals surface area contributed by atoms with Gasteiger partial charge in [-0.3, -0.25) is 9.59 Å². The van der Waals surface area contributed by atoms with Crippen molar-refractivity contribution in [3.63, 3.8) is 0 Å². The van der Waals surface area contributed by atoms with Gasteiger partial charge in [-0.05, 0) is 12.5 Å². The maximum Gasteiger partial charge on any atom is 0.254 e. The Morgan fingerprint density at radius 1 is 1.43 bits per heavy atom. The van der Waals surface area contributed by atoms with Crippen molar-refractivity contribution in [3.8, 4) is 5.88 Å². The number of halogens is 2. The van der Waals surface area contributed by atoms with Gasteiger partial charge in [-0.2, -0.15) is 0 Å². The van der Waals surface area contributed by atoms with Crippen LogP contribution in [0.3, 0.4) is 0 Å². The van der Waals surface area contributed by atoms with E-state index in [0.717, 1.165) is 6.42 Å². The monoisotopic (exact) mass is 338 g/mol. The molecule has 1 unspecified atom stereocenters. The second kappa shape index (κ2) is 10.2. The third kappa shape index (κ3) is 6.16. The average molecular weight is 339 g/mol. The number of pyridine rings is 1. The van der Waals surface area contributed by atoms with E-state index in [-0.39, 0.29) is 42.2 Å². The molecule has 0 aromatic carbocycles. The summed E-state index contributed by atoms with van der Waals surface area (Å²) in [6.45, 7) is 1.94. The smallest absolute Gasteiger partial charge is 0.254 e. The molecule has 5 N–H and O–H groups in total. The van der Waals surface area contributed by atoms with E-state index >= 15 is 0 Å². The van der Waals surface area contributed by atoms with Crippen molar-refractivity contribution >= 4 is 42.3 Å². The molecule has 1 heterocycles. The summed E-state index contributed by atoms with van der Waals surface area (Å²) >= 11 is 0. The Morgan fingerprint density at radius 3 is 2.52 bits per heavy atom. The van der Waals surface area contributed by atoms with E-state index in [2.05, 4.69) is 10.3 Å². The van der Waals surface area contributed by atoms with E-state index in [4.69, 9.17) is 16.2 Å². The first-order valence-electron chi connectivity index (χ1n) is 5.89. The Balaban J connectivity index is 0. The topological polar surface area (TPSA) is 120 Å². The number of hydrogen-bond donors (Lipinski definition) is 3. The van der Waals surface area contributed by atoms with Crippen molar-refractivity contribution in [2.45, 2.75) is 25.8 Å². The molecule has 1 aromatic heterocycles. The SMILES string of the molecule is CCCC(N)C(=O)Nc1cnc(OC)c(C(N)=O)c1.Cl.Cl. The largest absolute Gasteiger partial charge is 0.480 e. The third-order valence-electron chi connectivity index (χ3n) is 2.51. The minimum absolute atomic E-state index is 0. The lowest BCUT2D eigenvalue weighted by atomic mass is 10.1. The van der Waals surface area contributed by atoms with Crippen LogP contribution in [0.25, 0.3) is 0 Å². The van der Waals surface area contributed by atoms with Crippen LogP contribution >= 0.6 is 24.8 Å². The van der Waals surface area contributed by atoms with Crippen molar-refractivity contribution < 1.29 is 14.3 Å². The fourth-order valence-corrected chi connectivity index (χ4v) is 1.54. The first-order chi connectivity index (χ1) is 8.99. The fraction of sp³-hybridized carbons (Fsp3) is 0.417. The minimum Gasteiger partial charge on any atom is -0.480 e. The molecule has 0 aliphatic heterocycles. The van der Waals surface area contributed by atoms with Gasteiger partial charge in [0.25, 0.3) is 5.91 Å². The molecule has 21 heavy (non-hydrogen) atoms. The van der Waals surface area contributed by atoms with Crippen LogP contribution in [0.1, 0.15) is 30.1 Å². The second-order valence-electron chi connectivity index (χ2n) is 4.03. The molecule has 0 aliphatic carbocycles. The molecule has 0 spiro atoms. The number of amides is 2. The molecule has 2 amide bonds. The molecule has 0 saturated carbocycles. The minimum atomic E-state index is -0.682. The zero-order valence-electron chi connectivity index (χ0n) is 11.8. The standard InChI is InChI=1S/C12H18N4O3.2ClH/c1-3-4-9(13)11(18)16-7-5-8(10(14)17)12(19-2)15-6-7;;/h5-6,9H,3-4,13H2,1-2H3,(H2,14,17)(H,16,18);2*1H. The molecule has 0 aliphatic rings. The number of primary amides is 1. The van der Waals surface area contributed by atoms with Crippen molar-refractivity contribution in [2.75, 3.05) is 12.4 Å². The van der Waals surface area contributed by atoms with Crippen LogP contribution in [0.4, 0.5) is 5.69 Å². The van der Waals surface area contributed by atoms with Crippen LogP contribution in [0.5, 0.6) is 5.88 Å². The number of nitrogens with two attached hydrogens (primary N) is 2. The van der Waals surface area contributed by atoms with Gasteiger partial charge in [0.15, 0.2) is 0 Å². The Labute approximate surface area is 135 Å². The molecule has 7 nitrogen and oxygen atoms in total. The van der Waals surface area contributed by atoms with Crippen LogP contribution < -0.4 is 21.5 Å². The van der Waals surface area contributed by atoms with E-state index < -0.39 is 11.9 Å². The number of carbonyl (C=O) groups is 2. The molecule has 0 saturated heterocycles. The maximum atomic E-state index is 11.7. The van der Waals surface area contributed by atoms with E-state index in [0.29, 0.717) is 12.1 Å². The Hall–Kier alpha value is -1.57. The zero-order chi connectivity index (χ0) is 14.4. The van der Waals surface area contributed by atoms with Gasteiger partial charge in [-0.15, -0.1) is 24.8 Å². The zero-order valence-corrected chi connectivity index (χ0v) is 13.4. The molecule has 1 rings (SSSR count). The lowest BCUT2D eigenvalue weighted by molar-refractivity contribution is -0.117. The van der Waals surface area contributed by atoms with E-state index in [1.54, 1.807) is 0 Å². The summed E-state index contributed by atoms with van der Waals surface area (Å²) < 4.78 is 4.90. The number of rotatable bonds is 6. The van der Waals surface area contributed by atoms with Crippen molar-refractivity contribution in [3.05, 3.63) is 17.8 Å². The molecule has 1 atom stereocenters. The van der Waals surface area contributed by atoms with Gasteiger partial charge < -0.3 is 21.5 Å². The number of nitrogens with one attached hydrogen (secondary N) is 1. The lowest BCUT2D eigenvalue weighted by Gasteiger charge is -2.12. The molecule has 9 heteroatoms. The average Bonchev–Trinajstić information content (AvgIpc) is 2.38. The molecular weight excluding hydrogens is 319 g/mol. The van der Waals surface area contributed by atoms with Gasteiger partial charge in [0.2, 0.25) is 11.8 Å². The van der Waals surface area contributed by atoms with Crippen molar-refractivity contribution in [2.24, 2.45) is 11.5 Å². The van der Waals surface area contributed by atoms with Crippen molar-refractivity contribution in [1.29, 1.82) is 0 Å². The third-order valence-corrected chi connectivity index (χ3v) is 2.51. The summed E-state index contributed by atoms with van der Waals surface area (Å²) in [5.41, 5.74) is 11.3. The number of anilines is 1. The molecule has 0 bridgehead atoms. The van der Waals surface area contributed by atoms with Gasteiger partial charge in [-0.25, -0.2) is 4.98 Å². The summed E-state index contributed by atoms with van der Waals surface area (Å²) in [5, 5.41) is 2.58. The molecule has 0 fully saturated rings. The summed E-state index contributed by atoms with van der Waals surface area (Å²) in [5.74, 6) is -0.897. The highest BCUT2D eigenvalue weighted by molar-refractivity contribution is 5.98. The van der Waals surface area contributed by atoms with Gasteiger partial charge in [0.1, 0.15) is 5.56 Å². The van der Waals surface area contributed by atoms with E-state index in [9.17, 15) is 9.59 Å². The summed E-state index contributed by atoms with van der Waals surface area (Å²) in [6, 6.07) is 0.814. The predicted molar refractivity (Wildman–Crippen MR) is 85.3 cm³/mol. The maximum absolute atomic E-state index is 11.7. The first-order valence-corrected chi connectivity index (χ1v) is 5.89. The molecule has 1 aromatic rings. The van der Waals surface area contributed by atoms with Crippen LogP contribution in [-0.2, 0) is 4.79 Å². The first kappa shape index (κ1) is 21.7. The number of carbonyl (C=O) groups excluding carboxylic acids is 2. The highest BCUT2D eigenvalue weighted by atomic mass is 35.5. The number of nitrogens with zero attached hydrogens (tertiary/aromatic N) is 1. The normalized spacial score (nSPS) is 10.6. The number of hydrogen-bond acceptors (Lipinski definition) is 5. The Morgan fingerprint density at radius 2 is 2.05 bits per heavy atom. The predicted octanol–water partition coefficient (Wildman–Crippen LogP) is 1.10. The fourth-order valence-electron chi connectivity index (χ4n) is 1.54. The molecular formula is C12H20Cl2N4O3. The van der Waals surface area contributed by atoms with Crippen LogP contribution in [0.2, 0.25) is 0 Å². The van der Waals surface area contributed by atoms with Gasteiger partial charge in [0.05, 0.1) is 25.0 Å². The number of methoxy groups -OCH3 is 1. The highest BCUT2D eigenvalue weighted by Crippen LogP contribution is 2.18. The lowest BCUT2D eigenvalue weighted by Crippen LogP contribution is -2.35. The van der Waals surface area contributed by atoms with E-state index in [1.807, 2.05) is 6.92 Å². The highest BCUT2D eigenvalue weighted by Gasteiger charge is 2.15. The molecule has 0 radical (unpaired) electrons. The van der Waals surface area contributed by atoms with Gasteiger partial charge in [0, 0.05) is 0 Å². The summed E-state index contributed by atoms with van der Waals surface area (Å²) in [6.07, 6.45) is 2.77. The molecule has 120 valence electrons. The number of ether oxygens (including phenoxy) is 1. The van der Waals surface area contributed by atoms with Crippen LogP contribution in [0, 0.1) is 0 Å². The van der Waals surface area contributed by atoms with Crippen molar-refractivity contribution in [1.82, 2.24) is 4.98 Å². The van der Waals surface area contributed by atoms with Crippen LogP contribution in [-0.4, -0.2) is 29.9 Å². The summed E-state index contributed by atoms with van der Waals surface area (Å²) in [7, 11) is 1.38. The summed E-state index contributed by atoms with van der Waals surface area (Å²) in [4.78, 5) is 26.8. The Bertz CT molecular complexity index is 486. The van der Waals surface area contributed by atoms with Gasteiger partial charge >= 0.3 is 0 Å². The number of aromatic nitrogens is 1. The van der Waals surface area contributed by atoms with Gasteiger partial charge in [-0.1, -0.05) is 13.3 Å². The second-order valence-corrected chi connectivity index (χ2v) is 4.03.